The molecule has 0 aliphatic rings. The quantitative estimate of drug-likeness (QED) is 0.142. The average molecular weight is 869 g/mol. The van der Waals surface area contributed by atoms with E-state index in [4.69, 9.17) is 8.83 Å². The molecule has 0 atom stereocenters. The Balaban J connectivity index is 0.915. The number of benzene rings is 12. The van der Waals surface area contributed by atoms with Gasteiger partial charge in [0.25, 0.3) is 0 Å². The maximum Gasteiger partial charge on any atom is 0.143 e. The van der Waals surface area contributed by atoms with Crippen molar-refractivity contribution in [1.82, 2.24) is 0 Å². The Hall–Kier alpha value is -9.12. The SMILES string of the molecule is c1ccc(N(c2cccc(-c3cccc4c3oc3ccccc34)c2)c2cc3ccc4ccc(N(c5ccccc5)c5cccc(-c6cccc7c6oc6ccccc67)c5)c5ccc(c2)c3c45)cc1. The molecule has 318 valence electrons. The largest absolute Gasteiger partial charge is 0.455 e. The topological polar surface area (TPSA) is 32.8 Å². The van der Waals surface area contributed by atoms with E-state index in [1.807, 2.05) is 24.3 Å². The van der Waals surface area contributed by atoms with Crippen molar-refractivity contribution in [2.75, 3.05) is 9.80 Å². The molecule has 2 aromatic heterocycles. The van der Waals surface area contributed by atoms with Crippen LogP contribution in [0.25, 0.3) is 98.4 Å². The highest BCUT2D eigenvalue weighted by Gasteiger charge is 2.22. The van der Waals surface area contributed by atoms with E-state index in [0.29, 0.717) is 0 Å². The monoisotopic (exact) mass is 868 g/mol. The first-order valence-corrected chi connectivity index (χ1v) is 23.2. The summed E-state index contributed by atoms with van der Waals surface area (Å²) in [7, 11) is 0. The van der Waals surface area contributed by atoms with Crippen LogP contribution in [0.5, 0.6) is 0 Å². The van der Waals surface area contributed by atoms with Crippen molar-refractivity contribution < 1.29 is 8.83 Å². The second-order valence-corrected chi connectivity index (χ2v) is 17.6. The Bertz CT molecular complexity index is 4210. The summed E-state index contributed by atoms with van der Waals surface area (Å²) >= 11 is 0. The van der Waals surface area contributed by atoms with Gasteiger partial charge in [-0.2, -0.15) is 0 Å². The smallest absolute Gasteiger partial charge is 0.143 e. The zero-order valence-electron chi connectivity index (χ0n) is 36.8. The van der Waals surface area contributed by atoms with Crippen LogP contribution < -0.4 is 9.80 Å². The molecule has 0 spiro atoms. The lowest BCUT2D eigenvalue weighted by Crippen LogP contribution is -2.11. The third kappa shape index (κ3) is 6.01. The maximum atomic E-state index is 6.53. The summed E-state index contributed by atoms with van der Waals surface area (Å²) in [5, 5.41) is 11.8. The Morgan fingerprint density at radius 1 is 0.265 bits per heavy atom. The predicted octanol–water partition coefficient (Wildman–Crippen LogP) is 18.7. The molecule has 14 aromatic rings. The third-order valence-electron chi connectivity index (χ3n) is 13.7. The van der Waals surface area contributed by atoms with Gasteiger partial charge in [0, 0.05) is 66.5 Å². The summed E-state index contributed by atoms with van der Waals surface area (Å²) in [4.78, 5) is 4.77. The fourth-order valence-electron chi connectivity index (χ4n) is 10.7. The van der Waals surface area contributed by atoms with E-state index in [0.717, 1.165) is 100 Å². The van der Waals surface area contributed by atoms with Gasteiger partial charge in [-0.3, -0.25) is 0 Å². The average Bonchev–Trinajstić information content (AvgIpc) is 3.98. The molecule has 0 amide bonds. The Morgan fingerprint density at radius 2 is 0.721 bits per heavy atom. The molecule has 0 aliphatic heterocycles. The summed E-state index contributed by atoms with van der Waals surface area (Å²) < 4.78 is 13.1. The second kappa shape index (κ2) is 15.2. The van der Waals surface area contributed by atoms with Crippen LogP contribution in [-0.2, 0) is 0 Å². The van der Waals surface area contributed by atoms with Crippen LogP contribution in [0.15, 0.2) is 251 Å². The molecule has 0 radical (unpaired) electrons. The highest BCUT2D eigenvalue weighted by molar-refractivity contribution is 6.26. The summed E-state index contributed by atoms with van der Waals surface area (Å²) in [6.07, 6.45) is 0. The lowest BCUT2D eigenvalue weighted by atomic mass is 9.92. The highest BCUT2D eigenvalue weighted by atomic mass is 16.3. The van der Waals surface area contributed by atoms with Crippen molar-refractivity contribution in [3.05, 3.63) is 243 Å². The standard InChI is InChI=1S/C64H40N2O2/c1-3-17-46(18-4-1)65(48-21-11-15-42(37-48)51-25-13-27-55-53-23-7-9-29-59(53)67-63(51)55)50-39-44-32-31-41-34-36-58(57-35-33-45(40-50)61(44)62(41)57)66(47-19-5-2-6-20-47)49-22-12-16-43(38-49)52-26-14-28-56-54-24-8-10-30-60(54)68-64(52)56/h1-40H. The number of furan rings is 2. The van der Waals surface area contributed by atoms with E-state index >= 15 is 0 Å². The summed E-state index contributed by atoms with van der Waals surface area (Å²) in [5.74, 6) is 0. The normalized spacial score (nSPS) is 11.8. The van der Waals surface area contributed by atoms with Crippen LogP contribution in [-0.4, -0.2) is 0 Å². The first-order valence-electron chi connectivity index (χ1n) is 23.2. The molecule has 0 aliphatic carbocycles. The number of anilines is 6. The van der Waals surface area contributed by atoms with Crippen LogP contribution >= 0.6 is 0 Å². The molecule has 0 saturated heterocycles. The first-order chi connectivity index (χ1) is 33.7. The minimum Gasteiger partial charge on any atom is -0.455 e. The zero-order valence-corrected chi connectivity index (χ0v) is 36.8. The van der Waals surface area contributed by atoms with Gasteiger partial charge in [0.1, 0.15) is 22.3 Å². The van der Waals surface area contributed by atoms with E-state index in [-0.39, 0.29) is 0 Å². The maximum absolute atomic E-state index is 6.53. The second-order valence-electron chi connectivity index (χ2n) is 17.6. The van der Waals surface area contributed by atoms with Gasteiger partial charge in [-0.15, -0.1) is 0 Å². The van der Waals surface area contributed by atoms with E-state index in [1.54, 1.807) is 0 Å². The first kappa shape index (κ1) is 38.2. The number of para-hydroxylation sites is 6. The molecular weight excluding hydrogens is 829 g/mol. The molecule has 0 N–H and O–H groups in total. The lowest BCUT2D eigenvalue weighted by molar-refractivity contribution is 0.669. The predicted molar refractivity (Wildman–Crippen MR) is 285 cm³/mol. The molecule has 4 heteroatoms. The molecule has 4 nitrogen and oxygen atoms in total. The van der Waals surface area contributed by atoms with Crippen molar-refractivity contribution in [1.29, 1.82) is 0 Å². The van der Waals surface area contributed by atoms with E-state index in [1.165, 1.54) is 32.3 Å². The number of fused-ring (bicyclic) bond motifs is 6. The molecule has 12 aromatic carbocycles. The van der Waals surface area contributed by atoms with Gasteiger partial charge < -0.3 is 18.6 Å². The van der Waals surface area contributed by atoms with Crippen molar-refractivity contribution in [3.8, 4) is 22.3 Å². The van der Waals surface area contributed by atoms with Crippen molar-refractivity contribution in [2.24, 2.45) is 0 Å². The fraction of sp³-hybridized carbons (Fsp3) is 0. The zero-order chi connectivity index (χ0) is 44.7. The molecule has 0 unspecified atom stereocenters. The van der Waals surface area contributed by atoms with E-state index in [2.05, 4.69) is 228 Å². The van der Waals surface area contributed by atoms with Gasteiger partial charge >= 0.3 is 0 Å². The van der Waals surface area contributed by atoms with Crippen LogP contribution in [0.2, 0.25) is 0 Å². The van der Waals surface area contributed by atoms with Crippen LogP contribution in [0, 0.1) is 0 Å². The molecule has 2 heterocycles. The molecular formula is C64H40N2O2. The number of rotatable bonds is 8. The third-order valence-corrected chi connectivity index (χ3v) is 13.7. The van der Waals surface area contributed by atoms with Gasteiger partial charge in [0.05, 0.1) is 5.69 Å². The minimum absolute atomic E-state index is 0.896. The van der Waals surface area contributed by atoms with Crippen molar-refractivity contribution in [3.63, 3.8) is 0 Å². The lowest BCUT2D eigenvalue weighted by Gasteiger charge is -2.29. The van der Waals surface area contributed by atoms with Gasteiger partial charge in [-0.1, -0.05) is 164 Å². The number of hydrogen-bond acceptors (Lipinski definition) is 4. The minimum atomic E-state index is 0.896. The van der Waals surface area contributed by atoms with Crippen LogP contribution in [0.3, 0.4) is 0 Å². The van der Waals surface area contributed by atoms with Crippen molar-refractivity contribution >= 4 is 110 Å². The fourth-order valence-corrected chi connectivity index (χ4v) is 10.7. The van der Waals surface area contributed by atoms with Crippen LogP contribution in [0.1, 0.15) is 0 Å². The van der Waals surface area contributed by atoms with Gasteiger partial charge in [0.2, 0.25) is 0 Å². The van der Waals surface area contributed by atoms with E-state index in [9.17, 15) is 0 Å². The summed E-state index contributed by atoms with van der Waals surface area (Å²) in [6.45, 7) is 0. The van der Waals surface area contributed by atoms with Crippen LogP contribution in [0.4, 0.5) is 34.1 Å². The number of hydrogen-bond donors (Lipinski definition) is 0. The summed E-state index contributed by atoms with van der Waals surface area (Å²) in [5.41, 5.74) is 14.4. The van der Waals surface area contributed by atoms with Gasteiger partial charge in [-0.25, -0.2) is 0 Å². The molecule has 0 fully saturated rings. The highest BCUT2D eigenvalue weighted by Crippen LogP contribution is 2.48. The number of nitrogens with zero attached hydrogens (tertiary/aromatic N) is 2. The van der Waals surface area contributed by atoms with Crippen molar-refractivity contribution in [2.45, 2.75) is 0 Å². The Morgan fingerprint density at radius 3 is 1.32 bits per heavy atom. The van der Waals surface area contributed by atoms with E-state index < -0.39 is 0 Å². The molecule has 14 rings (SSSR count). The molecule has 0 saturated carbocycles. The molecule has 68 heavy (non-hydrogen) atoms. The Labute approximate surface area is 392 Å². The Kier molecular flexibility index (Phi) is 8.55. The van der Waals surface area contributed by atoms with Gasteiger partial charge in [-0.05, 0) is 117 Å². The van der Waals surface area contributed by atoms with Gasteiger partial charge in [0.15, 0.2) is 0 Å². The molecule has 0 bridgehead atoms. The summed E-state index contributed by atoms with van der Waals surface area (Å²) in [6, 6.07) is 87.0.